The number of hydrogen-bond donors (Lipinski definition) is 0. The van der Waals surface area contributed by atoms with Crippen molar-refractivity contribution < 1.29 is 0 Å². The number of nitrogens with zero attached hydrogens (tertiary/aromatic N) is 5. The minimum absolute atomic E-state index is 0.382. The van der Waals surface area contributed by atoms with Crippen LogP contribution in [0.2, 0.25) is 0 Å². The first-order valence-electron chi connectivity index (χ1n) is 10.5. The van der Waals surface area contributed by atoms with Gasteiger partial charge in [0.05, 0.1) is 29.3 Å². The van der Waals surface area contributed by atoms with E-state index in [1.54, 1.807) is 0 Å². The van der Waals surface area contributed by atoms with Crippen LogP contribution in [0, 0.1) is 5.92 Å². The predicted molar refractivity (Wildman–Crippen MR) is 112 cm³/mol. The van der Waals surface area contributed by atoms with E-state index >= 15 is 0 Å². The maximum Gasteiger partial charge on any atom is 0.124 e. The predicted octanol–water partition coefficient (Wildman–Crippen LogP) is 3.50. The lowest BCUT2D eigenvalue weighted by Gasteiger charge is -2.37. The maximum absolute atomic E-state index is 5.02. The first-order chi connectivity index (χ1) is 13.7. The van der Waals surface area contributed by atoms with Crippen LogP contribution in [0.1, 0.15) is 36.0 Å². The van der Waals surface area contributed by atoms with E-state index in [9.17, 15) is 0 Å². The Bertz CT molecular complexity index is 972. The van der Waals surface area contributed by atoms with Crippen molar-refractivity contribution in [3.63, 3.8) is 0 Å². The number of hydrogen-bond acceptors (Lipinski definition) is 4. The van der Waals surface area contributed by atoms with Crippen LogP contribution in [0.4, 0.5) is 0 Å². The van der Waals surface area contributed by atoms with Gasteiger partial charge in [-0.15, -0.1) is 0 Å². The zero-order valence-corrected chi connectivity index (χ0v) is 16.9. The molecule has 0 saturated carbocycles. The van der Waals surface area contributed by atoms with Crippen LogP contribution < -0.4 is 0 Å². The summed E-state index contributed by atoms with van der Waals surface area (Å²) in [6.45, 7) is 4.29. The van der Waals surface area contributed by atoms with Crippen molar-refractivity contribution in [1.29, 1.82) is 0 Å². The van der Waals surface area contributed by atoms with Gasteiger partial charge in [0, 0.05) is 31.7 Å². The second-order valence-electron chi connectivity index (χ2n) is 8.59. The zero-order valence-electron chi connectivity index (χ0n) is 16.9. The molecule has 1 aliphatic carbocycles. The van der Waals surface area contributed by atoms with Crippen molar-refractivity contribution in [1.82, 2.24) is 24.3 Å². The highest BCUT2D eigenvalue weighted by molar-refractivity contribution is 5.75. The number of fused-ring (bicyclic) bond motifs is 2. The molecule has 0 N–H and O–H groups in total. The molecule has 0 bridgehead atoms. The third kappa shape index (κ3) is 3.23. The summed E-state index contributed by atoms with van der Waals surface area (Å²) in [6.07, 6.45) is 5.50. The highest BCUT2D eigenvalue weighted by Crippen LogP contribution is 2.33. The molecule has 1 atom stereocenters. The van der Waals surface area contributed by atoms with Crippen LogP contribution in [0.3, 0.4) is 0 Å². The van der Waals surface area contributed by atoms with Crippen LogP contribution in [0.15, 0.2) is 42.6 Å². The largest absolute Gasteiger partial charge is 0.327 e. The lowest BCUT2D eigenvalue weighted by atomic mass is 9.91. The van der Waals surface area contributed by atoms with E-state index in [4.69, 9.17) is 9.97 Å². The second-order valence-corrected chi connectivity index (χ2v) is 8.59. The molecule has 146 valence electrons. The van der Waals surface area contributed by atoms with Crippen LogP contribution in [-0.4, -0.2) is 51.5 Å². The highest BCUT2D eigenvalue weighted by Gasteiger charge is 2.28. The van der Waals surface area contributed by atoms with Crippen LogP contribution >= 0.6 is 0 Å². The Labute approximate surface area is 167 Å². The smallest absolute Gasteiger partial charge is 0.124 e. The van der Waals surface area contributed by atoms with Gasteiger partial charge >= 0.3 is 0 Å². The summed E-state index contributed by atoms with van der Waals surface area (Å²) in [5, 5.41) is 0. The standard InChI is InChI=1S/C23H29N5/c1-26-13-17(14-26)15-28-20-10-4-3-9-19(20)25-22(28)16-27(2)21-11-5-7-18-8-6-12-24-23(18)21/h3-4,6,8-10,12,17,21H,5,7,11,13-16H2,1-2H3. The normalized spacial score (nSPS) is 20.5. The van der Waals surface area contributed by atoms with Gasteiger partial charge in [-0.05, 0) is 57.1 Å². The van der Waals surface area contributed by atoms with Crippen molar-refractivity contribution in [3.8, 4) is 0 Å². The topological polar surface area (TPSA) is 37.2 Å². The second kappa shape index (κ2) is 7.30. The molecule has 0 spiro atoms. The molecule has 5 nitrogen and oxygen atoms in total. The third-order valence-electron chi connectivity index (χ3n) is 6.40. The Balaban J connectivity index is 1.43. The van der Waals surface area contributed by atoms with E-state index < -0.39 is 0 Å². The average molecular weight is 376 g/mol. The fourth-order valence-electron chi connectivity index (χ4n) is 5.00. The Morgan fingerprint density at radius 3 is 2.86 bits per heavy atom. The SMILES string of the molecule is CN1CC(Cn2c(CN(C)C3CCCc4cccnc43)nc3ccccc32)C1. The molecule has 1 fully saturated rings. The van der Waals surface area contributed by atoms with Crippen molar-refractivity contribution in [2.75, 3.05) is 27.2 Å². The molecule has 3 aromatic rings. The Kier molecular flexibility index (Phi) is 4.65. The lowest BCUT2D eigenvalue weighted by molar-refractivity contribution is 0.118. The summed E-state index contributed by atoms with van der Waals surface area (Å²) in [7, 11) is 4.43. The van der Waals surface area contributed by atoms with E-state index in [-0.39, 0.29) is 0 Å². The Morgan fingerprint density at radius 1 is 1.14 bits per heavy atom. The lowest BCUT2D eigenvalue weighted by Crippen LogP contribution is -2.45. The summed E-state index contributed by atoms with van der Waals surface area (Å²) >= 11 is 0. The first kappa shape index (κ1) is 17.8. The van der Waals surface area contributed by atoms with Crippen molar-refractivity contribution in [2.45, 2.75) is 38.4 Å². The fraction of sp³-hybridized carbons (Fsp3) is 0.478. The summed E-state index contributed by atoms with van der Waals surface area (Å²) in [5.41, 5.74) is 5.06. The maximum atomic E-state index is 5.02. The molecule has 5 rings (SSSR count). The molecule has 28 heavy (non-hydrogen) atoms. The molecule has 1 unspecified atom stereocenters. The molecule has 1 aromatic carbocycles. The summed E-state index contributed by atoms with van der Waals surface area (Å²) < 4.78 is 2.46. The molecule has 1 saturated heterocycles. The Hall–Kier alpha value is -2.24. The molecule has 0 amide bonds. The molecule has 0 radical (unpaired) electrons. The number of aromatic nitrogens is 3. The molecule has 1 aliphatic heterocycles. The van der Waals surface area contributed by atoms with Gasteiger partial charge in [0.15, 0.2) is 0 Å². The molecular formula is C23H29N5. The third-order valence-corrected chi connectivity index (χ3v) is 6.40. The van der Waals surface area contributed by atoms with Gasteiger partial charge in [-0.1, -0.05) is 18.2 Å². The van der Waals surface area contributed by atoms with Crippen molar-refractivity contribution >= 4 is 11.0 Å². The zero-order chi connectivity index (χ0) is 19.1. The number of aryl methyl sites for hydroxylation is 1. The number of para-hydroxylation sites is 2. The van der Waals surface area contributed by atoms with Gasteiger partial charge < -0.3 is 9.47 Å². The Morgan fingerprint density at radius 2 is 2.00 bits per heavy atom. The number of benzene rings is 1. The van der Waals surface area contributed by atoms with Crippen molar-refractivity contribution in [3.05, 3.63) is 59.7 Å². The fourth-order valence-corrected chi connectivity index (χ4v) is 5.00. The molecule has 5 heteroatoms. The van der Waals surface area contributed by atoms with Crippen LogP contribution in [-0.2, 0) is 19.5 Å². The van der Waals surface area contributed by atoms with E-state index in [1.807, 2.05) is 6.20 Å². The summed E-state index contributed by atoms with van der Waals surface area (Å²) in [6, 6.07) is 13.3. The highest BCUT2D eigenvalue weighted by atomic mass is 15.2. The van der Waals surface area contributed by atoms with Gasteiger partial charge in [0.25, 0.3) is 0 Å². The minimum Gasteiger partial charge on any atom is -0.327 e. The quantitative estimate of drug-likeness (QED) is 0.684. The number of likely N-dealkylation sites (tertiary alicyclic amines) is 1. The number of pyridine rings is 1. The first-order valence-corrected chi connectivity index (χ1v) is 10.5. The monoisotopic (exact) mass is 375 g/mol. The van der Waals surface area contributed by atoms with E-state index in [0.717, 1.165) is 30.9 Å². The van der Waals surface area contributed by atoms with E-state index in [1.165, 1.54) is 48.5 Å². The molecular weight excluding hydrogens is 346 g/mol. The molecule has 3 heterocycles. The number of rotatable bonds is 5. The van der Waals surface area contributed by atoms with Crippen LogP contribution in [0.5, 0.6) is 0 Å². The molecule has 2 aliphatic rings. The van der Waals surface area contributed by atoms with Gasteiger partial charge in [0.1, 0.15) is 5.82 Å². The average Bonchev–Trinajstić information content (AvgIpc) is 3.03. The summed E-state index contributed by atoms with van der Waals surface area (Å²) in [4.78, 5) is 14.6. The summed E-state index contributed by atoms with van der Waals surface area (Å²) in [5.74, 6) is 1.91. The van der Waals surface area contributed by atoms with E-state index in [0.29, 0.717) is 6.04 Å². The number of imidazole rings is 1. The van der Waals surface area contributed by atoms with Crippen LogP contribution in [0.25, 0.3) is 11.0 Å². The van der Waals surface area contributed by atoms with Gasteiger partial charge in [-0.25, -0.2) is 4.98 Å². The van der Waals surface area contributed by atoms with Gasteiger partial charge in [-0.3, -0.25) is 9.88 Å². The van der Waals surface area contributed by atoms with Gasteiger partial charge in [-0.2, -0.15) is 0 Å². The molecule has 2 aromatic heterocycles. The van der Waals surface area contributed by atoms with Crippen molar-refractivity contribution in [2.24, 2.45) is 5.92 Å². The van der Waals surface area contributed by atoms with E-state index in [2.05, 4.69) is 64.9 Å². The van der Waals surface area contributed by atoms with Gasteiger partial charge in [0.2, 0.25) is 0 Å². The minimum atomic E-state index is 0.382.